The Morgan fingerprint density at radius 3 is 2.32 bits per heavy atom. The number of esters is 1. The van der Waals surface area contributed by atoms with E-state index in [1.807, 2.05) is 20.8 Å². The summed E-state index contributed by atoms with van der Waals surface area (Å²) in [5.74, 6) is -0.347. The summed E-state index contributed by atoms with van der Waals surface area (Å²) in [5.41, 5.74) is -0.620. The number of hydrogen-bond donors (Lipinski definition) is 0. The molecule has 0 aliphatic heterocycles. The van der Waals surface area contributed by atoms with Crippen LogP contribution in [0.2, 0.25) is 0 Å². The fourth-order valence-electron chi connectivity index (χ4n) is 1.56. The molecule has 0 aromatic carbocycles. The van der Waals surface area contributed by atoms with Gasteiger partial charge in [-0.3, -0.25) is 18.7 Å². The molecule has 106 valence electrons. The van der Waals surface area contributed by atoms with Gasteiger partial charge in [-0.15, -0.1) is 0 Å². The highest BCUT2D eigenvalue weighted by atomic mass is 16.5. The molecule has 0 aliphatic carbocycles. The molecule has 0 N–H and O–H groups in total. The zero-order valence-electron chi connectivity index (χ0n) is 12.0. The summed E-state index contributed by atoms with van der Waals surface area (Å²) in [5, 5.41) is 0. The molecule has 0 saturated carbocycles. The van der Waals surface area contributed by atoms with Gasteiger partial charge in [-0.2, -0.15) is 0 Å². The molecule has 0 fully saturated rings. The number of aromatic nitrogens is 2. The second-order valence-electron chi connectivity index (χ2n) is 5.77. The van der Waals surface area contributed by atoms with Gasteiger partial charge in [0.15, 0.2) is 0 Å². The van der Waals surface area contributed by atoms with E-state index in [0.29, 0.717) is 5.69 Å². The highest BCUT2D eigenvalue weighted by molar-refractivity contribution is 5.70. The maximum atomic E-state index is 11.7. The Morgan fingerprint density at radius 2 is 1.79 bits per heavy atom. The number of ether oxygens (including phenoxy) is 1. The third kappa shape index (κ3) is 4.08. The zero-order valence-corrected chi connectivity index (χ0v) is 12.0. The Balaban J connectivity index is 2.83. The van der Waals surface area contributed by atoms with Crippen LogP contribution < -0.4 is 11.2 Å². The fourth-order valence-corrected chi connectivity index (χ4v) is 1.56. The van der Waals surface area contributed by atoms with Gasteiger partial charge in [0.2, 0.25) is 0 Å². The molecule has 0 unspecified atom stereocenters. The van der Waals surface area contributed by atoms with Crippen LogP contribution in [0.25, 0.3) is 0 Å². The van der Waals surface area contributed by atoms with E-state index in [1.165, 1.54) is 24.7 Å². The number of carbonyl (C=O) groups excluding carboxylic acids is 1. The summed E-state index contributed by atoms with van der Waals surface area (Å²) in [6, 6.07) is 1.30. The Hall–Kier alpha value is -1.85. The third-order valence-corrected chi connectivity index (χ3v) is 2.68. The lowest BCUT2D eigenvalue weighted by molar-refractivity contribution is -0.147. The minimum atomic E-state index is -0.436. The molecule has 0 atom stereocenters. The van der Waals surface area contributed by atoms with Crippen molar-refractivity contribution in [2.75, 3.05) is 0 Å². The average molecular weight is 268 g/mol. The molecule has 0 saturated heterocycles. The molecule has 6 nitrogen and oxygen atoms in total. The van der Waals surface area contributed by atoms with Gasteiger partial charge in [-0.1, -0.05) is 20.8 Å². The first kappa shape index (κ1) is 15.2. The first-order valence-electron chi connectivity index (χ1n) is 6.03. The van der Waals surface area contributed by atoms with Crippen molar-refractivity contribution in [2.45, 2.75) is 33.8 Å². The summed E-state index contributed by atoms with van der Waals surface area (Å²) in [7, 11) is 2.94. The monoisotopic (exact) mass is 268 g/mol. The van der Waals surface area contributed by atoms with E-state index in [-0.39, 0.29) is 24.4 Å². The van der Waals surface area contributed by atoms with Gasteiger partial charge in [0, 0.05) is 20.2 Å². The van der Waals surface area contributed by atoms with Crippen molar-refractivity contribution in [2.24, 2.45) is 19.5 Å². The Morgan fingerprint density at radius 1 is 1.21 bits per heavy atom. The van der Waals surface area contributed by atoms with E-state index >= 15 is 0 Å². The smallest absolute Gasteiger partial charge is 0.330 e. The zero-order chi connectivity index (χ0) is 14.8. The van der Waals surface area contributed by atoms with Crippen LogP contribution in [0.3, 0.4) is 0 Å². The molecule has 1 heterocycles. The molecular weight excluding hydrogens is 248 g/mol. The highest BCUT2D eigenvalue weighted by Gasteiger charge is 2.17. The van der Waals surface area contributed by atoms with Crippen molar-refractivity contribution in [3.63, 3.8) is 0 Å². The largest absolute Gasteiger partial charge is 0.459 e. The second-order valence-corrected chi connectivity index (χ2v) is 5.77. The van der Waals surface area contributed by atoms with E-state index in [9.17, 15) is 14.4 Å². The molecule has 1 aromatic heterocycles. The maximum absolute atomic E-state index is 11.7. The van der Waals surface area contributed by atoms with Crippen LogP contribution in [0.1, 0.15) is 32.9 Å². The summed E-state index contributed by atoms with van der Waals surface area (Å²) in [6.07, 6.45) is 0.284. The molecule has 1 rings (SSSR count). The Bertz CT molecular complexity index is 590. The van der Waals surface area contributed by atoms with Gasteiger partial charge < -0.3 is 4.74 Å². The number of hydrogen-bond acceptors (Lipinski definition) is 4. The topological polar surface area (TPSA) is 70.3 Å². The predicted molar refractivity (Wildman–Crippen MR) is 70.8 cm³/mol. The SMILES string of the molecule is Cn1c(COC(=O)CC(C)(C)C)cc(=O)n(C)c1=O. The standard InChI is InChI=1S/C13H20N2O4/c1-13(2,3)7-11(17)19-8-9-6-10(16)15(5)12(18)14(9)4/h6H,7-8H2,1-5H3. The highest BCUT2D eigenvalue weighted by Crippen LogP contribution is 2.19. The molecule has 6 heteroatoms. The number of rotatable bonds is 3. The Labute approximate surface area is 111 Å². The van der Waals surface area contributed by atoms with Crippen molar-refractivity contribution < 1.29 is 9.53 Å². The van der Waals surface area contributed by atoms with Gasteiger partial charge in [-0.25, -0.2) is 4.79 Å². The first-order valence-corrected chi connectivity index (χ1v) is 6.03. The fraction of sp³-hybridized carbons (Fsp3) is 0.615. The van der Waals surface area contributed by atoms with Gasteiger partial charge in [-0.05, 0) is 5.41 Å². The van der Waals surface area contributed by atoms with Crippen molar-refractivity contribution in [1.29, 1.82) is 0 Å². The third-order valence-electron chi connectivity index (χ3n) is 2.68. The van der Waals surface area contributed by atoms with Crippen LogP contribution in [0, 0.1) is 5.41 Å². The van der Waals surface area contributed by atoms with Crippen LogP contribution in [0.5, 0.6) is 0 Å². The lowest BCUT2D eigenvalue weighted by Gasteiger charge is -2.17. The van der Waals surface area contributed by atoms with Crippen LogP contribution in [0.15, 0.2) is 15.7 Å². The average Bonchev–Trinajstić information content (AvgIpc) is 2.27. The molecule has 1 aromatic rings. The maximum Gasteiger partial charge on any atom is 0.330 e. The molecular formula is C13H20N2O4. The van der Waals surface area contributed by atoms with Crippen molar-refractivity contribution >= 4 is 5.97 Å². The minimum absolute atomic E-state index is 0.0727. The van der Waals surface area contributed by atoms with E-state index in [0.717, 1.165) is 4.57 Å². The summed E-state index contributed by atoms with van der Waals surface area (Å²) >= 11 is 0. The van der Waals surface area contributed by atoms with Gasteiger partial charge in [0.25, 0.3) is 5.56 Å². The van der Waals surface area contributed by atoms with E-state index < -0.39 is 11.2 Å². The van der Waals surface area contributed by atoms with Gasteiger partial charge in [0.05, 0.1) is 12.1 Å². The van der Waals surface area contributed by atoms with E-state index in [1.54, 1.807) is 0 Å². The lowest BCUT2D eigenvalue weighted by atomic mass is 9.92. The molecule has 0 bridgehead atoms. The normalized spacial score (nSPS) is 11.4. The molecule has 0 aliphatic rings. The van der Waals surface area contributed by atoms with Gasteiger partial charge in [0.1, 0.15) is 6.61 Å². The Kier molecular flexibility index (Phi) is 4.34. The lowest BCUT2D eigenvalue weighted by Crippen LogP contribution is -2.38. The molecule has 19 heavy (non-hydrogen) atoms. The first-order chi connectivity index (χ1) is 8.61. The van der Waals surface area contributed by atoms with Crippen molar-refractivity contribution in [3.8, 4) is 0 Å². The van der Waals surface area contributed by atoms with Crippen LogP contribution >= 0.6 is 0 Å². The quantitative estimate of drug-likeness (QED) is 0.751. The van der Waals surface area contributed by atoms with E-state index in [4.69, 9.17) is 4.74 Å². The van der Waals surface area contributed by atoms with Crippen molar-refractivity contribution in [1.82, 2.24) is 9.13 Å². The molecule has 0 amide bonds. The number of carbonyl (C=O) groups is 1. The van der Waals surface area contributed by atoms with Gasteiger partial charge >= 0.3 is 11.7 Å². The molecule has 0 radical (unpaired) electrons. The van der Waals surface area contributed by atoms with Crippen LogP contribution in [-0.4, -0.2) is 15.1 Å². The van der Waals surface area contributed by atoms with E-state index in [2.05, 4.69) is 0 Å². The predicted octanol–water partition coefficient (Wildman–Crippen LogP) is 0.563. The second kappa shape index (κ2) is 5.42. The summed E-state index contributed by atoms with van der Waals surface area (Å²) in [4.78, 5) is 34.8. The van der Waals surface area contributed by atoms with Crippen LogP contribution in [0.4, 0.5) is 0 Å². The molecule has 0 spiro atoms. The summed E-state index contributed by atoms with van der Waals surface area (Å²) < 4.78 is 7.39. The van der Waals surface area contributed by atoms with Crippen LogP contribution in [-0.2, 0) is 30.2 Å². The summed E-state index contributed by atoms with van der Waals surface area (Å²) in [6.45, 7) is 5.73. The van der Waals surface area contributed by atoms with Crippen molar-refractivity contribution in [3.05, 3.63) is 32.6 Å². The number of nitrogens with zero attached hydrogens (tertiary/aromatic N) is 2. The minimum Gasteiger partial charge on any atom is -0.459 e.